The summed E-state index contributed by atoms with van der Waals surface area (Å²) in [6.45, 7) is 7.63. The lowest BCUT2D eigenvalue weighted by Gasteiger charge is -2.25. The number of methoxy groups -OCH3 is 1. The number of nitrogens with one attached hydrogen (secondary N) is 1. The van der Waals surface area contributed by atoms with Gasteiger partial charge in [-0.3, -0.25) is 4.98 Å². The summed E-state index contributed by atoms with van der Waals surface area (Å²) in [6, 6.07) is 25.1. The third-order valence-corrected chi connectivity index (χ3v) is 7.56. The fraction of sp³-hybridized carbons (Fsp3) is 0.306. The fourth-order valence-corrected chi connectivity index (χ4v) is 5.53. The topological polar surface area (TPSA) is 86.8 Å². The molecule has 222 valence electrons. The molecular formula is C36H38N2O5. The number of amides is 1. The minimum atomic E-state index is -0.949. The van der Waals surface area contributed by atoms with Gasteiger partial charge < -0.3 is 19.5 Å². The Bertz CT molecular complexity index is 1560. The van der Waals surface area contributed by atoms with Crippen LogP contribution < -0.4 is 10.1 Å². The molecule has 1 atom stereocenters. The standard InChI is InChI=1S/C36H38N2O5/c1-6-24-20-25(41-5)16-17-26(24)32-18-15-23(21-37-32)19-33(34(39)43-36(2,3)4)38-35(40)42-22-31-29-13-9-7-11-27(29)28-12-8-10-14-30(28)31/h7-18,20-21,31,33H,6,19,22H2,1-5H3,(H,38,40). The highest BCUT2D eigenvalue weighted by Gasteiger charge is 2.31. The van der Waals surface area contributed by atoms with E-state index in [0.717, 1.165) is 56.8 Å². The van der Waals surface area contributed by atoms with E-state index in [2.05, 4.69) is 41.5 Å². The van der Waals surface area contributed by atoms with Gasteiger partial charge in [-0.1, -0.05) is 61.5 Å². The van der Waals surface area contributed by atoms with Gasteiger partial charge in [-0.05, 0) is 84.8 Å². The summed E-state index contributed by atoms with van der Waals surface area (Å²) in [5.74, 6) is 0.186. The van der Waals surface area contributed by atoms with E-state index in [4.69, 9.17) is 14.2 Å². The van der Waals surface area contributed by atoms with Gasteiger partial charge in [0.2, 0.25) is 0 Å². The van der Waals surface area contributed by atoms with Crippen molar-refractivity contribution in [1.82, 2.24) is 10.3 Å². The van der Waals surface area contributed by atoms with Crippen LogP contribution in [0.25, 0.3) is 22.4 Å². The van der Waals surface area contributed by atoms with Crippen LogP contribution in [0.1, 0.15) is 55.9 Å². The summed E-state index contributed by atoms with van der Waals surface area (Å²) in [4.78, 5) is 31.0. The molecule has 1 aromatic heterocycles. The van der Waals surface area contributed by atoms with E-state index < -0.39 is 23.7 Å². The van der Waals surface area contributed by atoms with Crippen molar-refractivity contribution in [1.29, 1.82) is 0 Å². The van der Waals surface area contributed by atoms with Gasteiger partial charge in [0.25, 0.3) is 0 Å². The van der Waals surface area contributed by atoms with Crippen molar-refractivity contribution >= 4 is 12.1 Å². The van der Waals surface area contributed by atoms with Crippen LogP contribution in [-0.4, -0.2) is 42.4 Å². The Labute approximate surface area is 253 Å². The maximum Gasteiger partial charge on any atom is 0.407 e. The van der Waals surface area contributed by atoms with E-state index in [1.807, 2.05) is 54.6 Å². The quantitative estimate of drug-likeness (QED) is 0.213. The Kier molecular flexibility index (Phi) is 8.81. The first-order valence-corrected chi connectivity index (χ1v) is 14.6. The van der Waals surface area contributed by atoms with Crippen molar-refractivity contribution in [3.63, 3.8) is 0 Å². The van der Waals surface area contributed by atoms with E-state index in [1.54, 1.807) is 34.1 Å². The van der Waals surface area contributed by atoms with Gasteiger partial charge >= 0.3 is 12.1 Å². The number of pyridine rings is 1. The van der Waals surface area contributed by atoms with E-state index in [1.165, 1.54) is 0 Å². The smallest absolute Gasteiger partial charge is 0.407 e. The van der Waals surface area contributed by atoms with Crippen LogP contribution >= 0.6 is 0 Å². The van der Waals surface area contributed by atoms with Gasteiger partial charge in [-0.25, -0.2) is 9.59 Å². The molecule has 0 bridgehead atoms. The molecule has 0 saturated heterocycles. The van der Waals surface area contributed by atoms with Crippen LogP contribution in [0.2, 0.25) is 0 Å². The minimum absolute atomic E-state index is 0.0826. The van der Waals surface area contributed by atoms with Gasteiger partial charge in [0.1, 0.15) is 24.0 Å². The Balaban J connectivity index is 1.30. The third kappa shape index (κ3) is 6.88. The SMILES string of the molecule is CCc1cc(OC)ccc1-c1ccc(CC(NC(=O)OCC2c3ccccc3-c3ccccc32)C(=O)OC(C)(C)C)cn1. The predicted octanol–water partition coefficient (Wildman–Crippen LogP) is 7.11. The Hall–Kier alpha value is -4.65. The summed E-state index contributed by atoms with van der Waals surface area (Å²) < 4.78 is 16.7. The molecule has 1 N–H and O–H groups in total. The van der Waals surface area contributed by atoms with Crippen molar-refractivity contribution < 1.29 is 23.8 Å². The van der Waals surface area contributed by atoms with E-state index >= 15 is 0 Å². The molecule has 0 radical (unpaired) electrons. The third-order valence-electron chi connectivity index (χ3n) is 7.56. The number of aryl methyl sites for hydroxylation is 1. The van der Waals surface area contributed by atoms with Crippen LogP contribution in [-0.2, 0) is 27.1 Å². The van der Waals surface area contributed by atoms with E-state index in [9.17, 15) is 9.59 Å². The molecule has 0 aliphatic heterocycles. The monoisotopic (exact) mass is 578 g/mol. The molecule has 0 fully saturated rings. The number of hydrogen-bond donors (Lipinski definition) is 1. The molecule has 1 aliphatic carbocycles. The first-order chi connectivity index (χ1) is 20.7. The molecule has 3 aromatic carbocycles. The molecule has 7 heteroatoms. The maximum absolute atomic E-state index is 13.2. The number of benzene rings is 3. The zero-order valence-corrected chi connectivity index (χ0v) is 25.3. The first kappa shape index (κ1) is 29.8. The average molecular weight is 579 g/mol. The zero-order chi connectivity index (χ0) is 30.6. The molecule has 0 spiro atoms. The number of rotatable bonds is 9. The molecule has 1 amide bonds. The number of nitrogens with zero attached hydrogens (tertiary/aromatic N) is 1. The molecule has 1 heterocycles. The van der Waals surface area contributed by atoms with Crippen molar-refractivity contribution in [2.45, 2.75) is 58.1 Å². The van der Waals surface area contributed by atoms with Crippen molar-refractivity contribution in [2.75, 3.05) is 13.7 Å². The summed E-state index contributed by atoms with van der Waals surface area (Å²) in [7, 11) is 1.65. The molecule has 1 aliphatic rings. The molecule has 5 rings (SSSR count). The second kappa shape index (κ2) is 12.7. The number of carbonyl (C=O) groups is 2. The van der Waals surface area contributed by atoms with Crippen LogP contribution in [0.3, 0.4) is 0 Å². The Morgan fingerprint density at radius 1 is 0.907 bits per heavy atom. The van der Waals surface area contributed by atoms with Crippen LogP contribution in [0.5, 0.6) is 5.75 Å². The predicted molar refractivity (Wildman–Crippen MR) is 167 cm³/mol. The normalized spacial score (nSPS) is 13.0. The minimum Gasteiger partial charge on any atom is -0.497 e. The number of ether oxygens (including phenoxy) is 3. The second-order valence-corrected chi connectivity index (χ2v) is 11.7. The van der Waals surface area contributed by atoms with Gasteiger partial charge in [0.05, 0.1) is 12.8 Å². The first-order valence-electron chi connectivity index (χ1n) is 14.6. The van der Waals surface area contributed by atoms with Gasteiger partial charge in [0, 0.05) is 24.1 Å². The highest BCUT2D eigenvalue weighted by molar-refractivity contribution is 5.82. The Morgan fingerprint density at radius 2 is 1.58 bits per heavy atom. The lowest BCUT2D eigenvalue weighted by Crippen LogP contribution is -2.46. The van der Waals surface area contributed by atoms with Crippen molar-refractivity contribution in [2.24, 2.45) is 0 Å². The number of esters is 1. The highest BCUT2D eigenvalue weighted by atomic mass is 16.6. The molecule has 43 heavy (non-hydrogen) atoms. The van der Waals surface area contributed by atoms with Crippen molar-refractivity contribution in [3.05, 3.63) is 107 Å². The van der Waals surface area contributed by atoms with Crippen LogP contribution in [0.4, 0.5) is 4.79 Å². The lowest BCUT2D eigenvalue weighted by molar-refractivity contribution is -0.157. The largest absolute Gasteiger partial charge is 0.497 e. The number of alkyl carbamates (subject to hydrolysis) is 1. The maximum atomic E-state index is 13.2. The fourth-order valence-electron chi connectivity index (χ4n) is 5.53. The average Bonchev–Trinajstić information content (AvgIpc) is 3.32. The summed E-state index contributed by atoms with van der Waals surface area (Å²) in [5, 5.41) is 2.76. The molecule has 7 nitrogen and oxygen atoms in total. The number of aromatic nitrogens is 1. The van der Waals surface area contributed by atoms with Crippen LogP contribution in [0.15, 0.2) is 85.1 Å². The molecular weight excluding hydrogens is 540 g/mol. The number of hydrogen-bond acceptors (Lipinski definition) is 6. The number of fused-ring (bicyclic) bond motifs is 3. The highest BCUT2D eigenvalue weighted by Crippen LogP contribution is 2.44. The molecule has 1 unspecified atom stereocenters. The summed E-state index contributed by atoms with van der Waals surface area (Å²) >= 11 is 0. The van der Waals surface area contributed by atoms with Gasteiger partial charge in [-0.2, -0.15) is 0 Å². The number of carbonyl (C=O) groups excluding carboxylic acids is 2. The van der Waals surface area contributed by atoms with Gasteiger partial charge in [-0.15, -0.1) is 0 Å². The summed E-state index contributed by atoms with van der Waals surface area (Å²) in [6.07, 6.45) is 2.10. The second-order valence-electron chi connectivity index (χ2n) is 11.7. The van der Waals surface area contributed by atoms with E-state index in [0.29, 0.717) is 0 Å². The lowest BCUT2D eigenvalue weighted by atomic mass is 9.98. The molecule has 4 aromatic rings. The zero-order valence-electron chi connectivity index (χ0n) is 25.3. The van der Waals surface area contributed by atoms with Gasteiger partial charge in [0.15, 0.2) is 0 Å². The van der Waals surface area contributed by atoms with Crippen LogP contribution in [0, 0.1) is 0 Å². The molecule has 0 saturated carbocycles. The van der Waals surface area contributed by atoms with Crippen molar-refractivity contribution in [3.8, 4) is 28.1 Å². The van der Waals surface area contributed by atoms with E-state index in [-0.39, 0.29) is 18.9 Å². The Morgan fingerprint density at radius 3 is 2.16 bits per heavy atom. The summed E-state index contributed by atoms with van der Waals surface area (Å²) in [5.41, 5.74) is 7.57.